The summed E-state index contributed by atoms with van der Waals surface area (Å²) >= 11 is 0. The van der Waals surface area contributed by atoms with Gasteiger partial charge in [0.2, 0.25) is 12.3 Å². The number of hydrogen-bond acceptors (Lipinski definition) is 9. The number of carbonyl (C=O) groups is 1. The number of aromatic nitrogens is 1. The Morgan fingerprint density at radius 2 is 1.94 bits per heavy atom. The van der Waals surface area contributed by atoms with Crippen LogP contribution in [0.5, 0.6) is 23.0 Å². The summed E-state index contributed by atoms with van der Waals surface area (Å²) < 4.78 is 27.6. The van der Waals surface area contributed by atoms with Gasteiger partial charge in [-0.3, -0.25) is 9.78 Å². The highest BCUT2D eigenvalue weighted by Gasteiger charge is 2.19. The smallest absolute Gasteiger partial charge is 0.261 e. The third-order valence-corrected chi connectivity index (χ3v) is 5.71. The predicted octanol–water partition coefficient (Wildman–Crippen LogP) is 3.86. The van der Waals surface area contributed by atoms with Crippen molar-refractivity contribution in [3.63, 3.8) is 0 Å². The molecule has 1 aliphatic heterocycles. The Balaban J connectivity index is 1.66. The van der Waals surface area contributed by atoms with Crippen molar-refractivity contribution in [1.82, 2.24) is 4.98 Å². The van der Waals surface area contributed by atoms with E-state index in [4.69, 9.17) is 23.4 Å². The van der Waals surface area contributed by atoms with Crippen LogP contribution in [-0.2, 0) is 6.61 Å². The Kier molecular flexibility index (Phi) is 6.17. The summed E-state index contributed by atoms with van der Waals surface area (Å²) in [6, 6.07) is 11.9. The first-order valence-corrected chi connectivity index (χ1v) is 11.0. The molecule has 0 bridgehead atoms. The summed E-state index contributed by atoms with van der Waals surface area (Å²) in [6.07, 6.45) is 1.55. The van der Waals surface area contributed by atoms with Crippen LogP contribution in [0.15, 0.2) is 58.1 Å². The summed E-state index contributed by atoms with van der Waals surface area (Å²) in [5, 5.41) is 13.3. The average Bonchev–Trinajstić information content (AvgIpc) is 3.37. The van der Waals surface area contributed by atoms with Crippen molar-refractivity contribution in [2.75, 3.05) is 26.3 Å². The van der Waals surface area contributed by atoms with Crippen molar-refractivity contribution in [2.24, 2.45) is 4.99 Å². The second-order valence-electron chi connectivity index (χ2n) is 7.90. The predicted molar refractivity (Wildman–Crippen MR) is 130 cm³/mol. The van der Waals surface area contributed by atoms with Crippen molar-refractivity contribution in [1.29, 1.82) is 0 Å². The fourth-order valence-corrected chi connectivity index (χ4v) is 3.82. The van der Waals surface area contributed by atoms with Crippen LogP contribution >= 0.6 is 0 Å². The Bertz CT molecular complexity index is 1550. The molecule has 2 aromatic carbocycles. The molecule has 0 saturated heterocycles. The number of nitrogens with one attached hydrogen (secondary N) is 1. The first-order valence-electron chi connectivity index (χ1n) is 11.0. The highest BCUT2D eigenvalue weighted by atomic mass is 16.7. The molecule has 3 heterocycles. The van der Waals surface area contributed by atoms with E-state index in [9.17, 15) is 9.90 Å². The summed E-state index contributed by atoms with van der Waals surface area (Å²) in [4.78, 5) is 22.4. The fourth-order valence-electron chi connectivity index (χ4n) is 3.82. The zero-order valence-corrected chi connectivity index (χ0v) is 19.8. The minimum Gasteiger partial charge on any atom is -0.497 e. The molecule has 0 aliphatic carbocycles. The number of nitrogens with zero attached hydrogens (tertiary/aromatic N) is 2. The van der Waals surface area contributed by atoms with E-state index in [1.807, 2.05) is 0 Å². The van der Waals surface area contributed by atoms with Crippen molar-refractivity contribution < 1.29 is 33.3 Å². The molecule has 10 nitrogen and oxygen atoms in total. The molecule has 36 heavy (non-hydrogen) atoms. The molecule has 0 radical (unpaired) electrons. The fraction of sp³-hybridized carbons (Fsp3) is 0.192. The van der Waals surface area contributed by atoms with E-state index in [-0.39, 0.29) is 24.5 Å². The number of amides is 1. The number of aliphatic hydroxyl groups excluding tert-OH is 1. The third-order valence-electron chi connectivity index (χ3n) is 5.71. The first kappa shape index (κ1) is 23.2. The van der Waals surface area contributed by atoms with Crippen LogP contribution in [0, 0.1) is 6.92 Å². The molecule has 184 valence electrons. The van der Waals surface area contributed by atoms with E-state index in [0.717, 1.165) is 0 Å². The lowest BCUT2D eigenvalue weighted by Crippen LogP contribution is -2.22. The Morgan fingerprint density at radius 3 is 2.72 bits per heavy atom. The lowest BCUT2D eigenvalue weighted by molar-refractivity contribution is 0.102. The maximum atomic E-state index is 13.5. The average molecular weight is 489 g/mol. The van der Waals surface area contributed by atoms with Crippen LogP contribution in [0.2, 0.25) is 0 Å². The van der Waals surface area contributed by atoms with Crippen molar-refractivity contribution >= 4 is 28.3 Å². The van der Waals surface area contributed by atoms with E-state index in [1.165, 1.54) is 7.11 Å². The van der Waals surface area contributed by atoms with E-state index in [0.29, 0.717) is 56.6 Å². The molecule has 10 heteroatoms. The largest absolute Gasteiger partial charge is 0.497 e. The van der Waals surface area contributed by atoms with Crippen molar-refractivity contribution in [2.45, 2.75) is 13.5 Å². The van der Waals surface area contributed by atoms with Crippen LogP contribution < -0.4 is 29.8 Å². The standard InChI is InChI=1S/C26H23N3O7/c1-14-24-18(15(12-30)11-27-14)10-19(25(31)29-20-6-5-17(32-2)9-22(20)33-3)26(36-24)28-16-4-7-21-23(8-16)35-13-34-21/h4-11,30H,12-13H2,1-3H3,(H,29,31). The van der Waals surface area contributed by atoms with Gasteiger partial charge >= 0.3 is 0 Å². The third kappa shape index (κ3) is 4.29. The van der Waals surface area contributed by atoms with Crippen molar-refractivity contribution in [3.05, 3.63) is 71.0 Å². The van der Waals surface area contributed by atoms with E-state index in [1.54, 1.807) is 62.7 Å². The number of anilines is 1. The second-order valence-corrected chi connectivity index (χ2v) is 7.90. The molecule has 0 unspecified atom stereocenters. The Labute approximate surface area is 205 Å². The number of rotatable bonds is 6. The minimum absolute atomic E-state index is 0.0614. The SMILES string of the molecule is COc1ccc(NC(=O)c2cc3c(CO)cnc(C)c3oc2=Nc2ccc3c(c2)OCO3)c(OC)c1. The molecular formula is C26H23N3O7. The number of aliphatic hydroxyl groups is 1. The van der Waals surface area contributed by atoms with E-state index in [2.05, 4.69) is 15.3 Å². The topological polar surface area (TPSA) is 125 Å². The molecule has 1 amide bonds. The molecule has 0 fully saturated rings. The number of carbonyl (C=O) groups excluding carboxylic acids is 1. The number of benzene rings is 2. The molecule has 0 spiro atoms. The van der Waals surface area contributed by atoms with Crippen molar-refractivity contribution in [3.8, 4) is 23.0 Å². The van der Waals surface area contributed by atoms with Crippen LogP contribution in [-0.4, -0.2) is 37.0 Å². The number of methoxy groups -OCH3 is 2. The van der Waals surface area contributed by atoms with Gasteiger partial charge in [0.25, 0.3) is 5.91 Å². The monoisotopic (exact) mass is 489 g/mol. The lowest BCUT2D eigenvalue weighted by Gasteiger charge is -2.13. The molecule has 0 saturated carbocycles. The molecule has 5 rings (SSSR count). The molecule has 0 atom stereocenters. The van der Waals surface area contributed by atoms with Gasteiger partial charge in [-0.15, -0.1) is 0 Å². The highest BCUT2D eigenvalue weighted by molar-refractivity contribution is 6.06. The van der Waals surface area contributed by atoms with Gasteiger partial charge in [0.1, 0.15) is 17.1 Å². The van der Waals surface area contributed by atoms with Crippen LogP contribution in [0.4, 0.5) is 11.4 Å². The van der Waals surface area contributed by atoms with Gasteiger partial charge in [0, 0.05) is 29.3 Å². The van der Waals surface area contributed by atoms with Crippen LogP contribution in [0.3, 0.4) is 0 Å². The molecule has 2 aromatic heterocycles. The number of pyridine rings is 1. The molecule has 2 N–H and O–H groups in total. The van der Waals surface area contributed by atoms with Gasteiger partial charge in [-0.1, -0.05) is 0 Å². The van der Waals surface area contributed by atoms with Gasteiger partial charge in [0.15, 0.2) is 17.1 Å². The van der Waals surface area contributed by atoms with E-state index < -0.39 is 5.91 Å². The van der Waals surface area contributed by atoms with Gasteiger partial charge in [-0.2, -0.15) is 0 Å². The number of aryl methyl sites for hydroxylation is 1. The Morgan fingerprint density at radius 1 is 1.11 bits per heavy atom. The molecular weight excluding hydrogens is 466 g/mol. The number of fused-ring (bicyclic) bond motifs is 2. The zero-order valence-electron chi connectivity index (χ0n) is 19.8. The second kappa shape index (κ2) is 9.59. The van der Waals surface area contributed by atoms with Gasteiger partial charge in [-0.05, 0) is 37.3 Å². The van der Waals surface area contributed by atoms with Gasteiger partial charge in [-0.25, -0.2) is 4.99 Å². The molecule has 1 aliphatic rings. The normalized spacial score (nSPS) is 12.6. The van der Waals surface area contributed by atoms with Crippen LogP contribution in [0.25, 0.3) is 11.0 Å². The van der Waals surface area contributed by atoms with Crippen LogP contribution in [0.1, 0.15) is 21.6 Å². The van der Waals surface area contributed by atoms with Gasteiger partial charge < -0.3 is 33.8 Å². The quantitative estimate of drug-likeness (QED) is 0.418. The molecule has 4 aromatic rings. The summed E-state index contributed by atoms with van der Waals surface area (Å²) in [7, 11) is 3.04. The summed E-state index contributed by atoms with van der Waals surface area (Å²) in [5.41, 5.74) is 2.68. The minimum atomic E-state index is -0.484. The van der Waals surface area contributed by atoms with E-state index >= 15 is 0 Å². The Hall–Kier alpha value is -4.57. The number of hydrogen-bond donors (Lipinski definition) is 2. The summed E-state index contributed by atoms with van der Waals surface area (Å²) in [6.45, 7) is 1.63. The lowest BCUT2D eigenvalue weighted by atomic mass is 10.1. The highest BCUT2D eigenvalue weighted by Crippen LogP contribution is 2.35. The maximum absolute atomic E-state index is 13.5. The first-order chi connectivity index (χ1) is 17.5. The van der Waals surface area contributed by atoms with Gasteiger partial charge in [0.05, 0.1) is 37.9 Å². The summed E-state index contributed by atoms with van der Waals surface area (Å²) in [5.74, 6) is 1.68. The maximum Gasteiger partial charge on any atom is 0.261 e. The zero-order chi connectivity index (χ0) is 25.2. The number of ether oxygens (including phenoxy) is 4.